The van der Waals surface area contributed by atoms with Gasteiger partial charge in [0.1, 0.15) is 30.2 Å². The van der Waals surface area contributed by atoms with Gasteiger partial charge in [-0.15, -0.1) is 0 Å². The van der Waals surface area contributed by atoms with Crippen molar-refractivity contribution in [3.63, 3.8) is 0 Å². The average Bonchev–Trinajstić information content (AvgIpc) is 3.08. The summed E-state index contributed by atoms with van der Waals surface area (Å²) in [5.74, 6) is -7.45. The maximum atomic E-state index is 14.9. The number of benzene rings is 1. The molecular weight excluding hydrogens is 449 g/mol. The molecule has 1 aliphatic heterocycles. The Balaban J connectivity index is 1.71. The lowest BCUT2D eigenvalue weighted by molar-refractivity contribution is -0.00299. The van der Waals surface area contributed by atoms with Crippen LogP contribution < -0.4 is 11.1 Å². The van der Waals surface area contributed by atoms with Crippen LogP contribution in [-0.4, -0.2) is 35.6 Å². The third-order valence-corrected chi connectivity index (χ3v) is 5.74. The highest BCUT2D eigenvalue weighted by Gasteiger charge is 2.60. The van der Waals surface area contributed by atoms with E-state index in [2.05, 4.69) is 15.3 Å². The van der Waals surface area contributed by atoms with Crippen LogP contribution in [0.5, 0.6) is 0 Å². The average molecular weight is 465 g/mol. The third-order valence-electron chi connectivity index (χ3n) is 5.74. The summed E-state index contributed by atoms with van der Waals surface area (Å²) in [6.07, 6.45) is -1.71. The number of alkyl halides is 3. The van der Waals surface area contributed by atoms with E-state index >= 15 is 0 Å². The Morgan fingerprint density at radius 1 is 1.27 bits per heavy atom. The second-order valence-electron chi connectivity index (χ2n) is 7.85. The zero-order valence-electron chi connectivity index (χ0n) is 16.8. The van der Waals surface area contributed by atoms with Crippen molar-refractivity contribution in [3.8, 4) is 6.07 Å². The number of pyridine rings is 1. The number of carbonyl (C=O) groups excluding carboxylic acids is 1. The molecule has 1 amide bonds. The number of amidine groups is 1. The Morgan fingerprint density at radius 2 is 2.03 bits per heavy atom. The number of nitrogens with one attached hydrogen (secondary N) is 1. The maximum absolute atomic E-state index is 14.9. The lowest BCUT2D eigenvalue weighted by Crippen LogP contribution is -2.48. The molecule has 172 valence electrons. The van der Waals surface area contributed by atoms with Gasteiger partial charge in [-0.2, -0.15) is 5.26 Å². The van der Waals surface area contributed by atoms with E-state index in [0.29, 0.717) is 0 Å². The van der Waals surface area contributed by atoms with Crippen LogP contribution in [0.3, 0.4) is 0 Å². The Hall–Kier alpha value is -3.75. The summed E-state index contributed by atoms with van der Waals surface area (Å²) < 4.78 is 76.7. The van der Waals surface area contributed by atoms with Crippen LogP contribution in [0.25, 0.3) is 0 Å². The molecular formula is C21H16F5N5O2. The second-order valence-corrected chi connectivity index (χ2v) is 7.85. The Kier molecular flexibility index (Phi) is 5.43. The summed E-state index contributed by atoms with van der Waals surface area (Å²) in [6.45, 7) is -1.35. The fourth-order valence-corrected chi connectivity index (χ4v) is 4.29. The van der Waals surface area contributed by atoms with Crippen LogP contribution in [0.15, 0.2) is 35.5 Å². The van der Waals surface area contributed by atoms with E-state index in [1.807, 2.05) is 0 Å². The molecule has 0 radical (unpaired) electrons. The van der Waals surface area contributed by atoms with Crippen molar-refractivity contribution in [2.75, 3.05) is 12.0 Å². The number of halogens is 5. The van der Waals surface area contributed by atoms with Crippen molar-refractivity contribution < 1.29 is 31.5 Å². The predicted octanol–water partition coefficient (Wildman–Crippen LogP) is 3.41. The standard InChI is InChI=1S/C21H16F5N5O2/c22-9-21(13-5-20(25,26)6-16(13)33-19(28)31-21)12-4-11(1-2-14(12)23)30-18(32)17-15(24)3-10(7-27)8-29-17/h1-4,8,13,16H,5-6,9H2,(H2,28,31)(H,30,32)/t13?,16-,21?/m0/s1. The van der Waals surface area contributed by atoms with Crippen LogP contribution in [0.2, 0.25) is 0 Å². The molecule has 0 saturated heterocycles. The number of aromatic nitrogens is 1. The van der Waals surface area contributed by atoms with Crippen LogP contribution in [0.1, 0.15) is 34.5 Å². The van der Waals surface area contributed by atoms with E-state index in [1.54, 1.807) is 6.07 Å². The number of nitrogens with two attached hydrogens (primary N) is 1. The number of nitriles is 1. The van der Waals surface area contributed by atoms with Gasteiger partial charge in [0, 0.05) is 36.2 Å². The molecule has 12 heteroatoms. The summed E-state index contributed by atoms with van der Waals surface area (Å²) in [5.41, 5.74) is 2.27. The van der Waals surface area contributed by atoms with E-state index in [4.69, 9.17) is 15.7 Å². The normalized spacial score (nSPS) is 25.4. The monoisotopic (exact) mass is 465 g/mol. The highest BCUT2D eigenvalue weighted by atomic mass is 19.3. The number of ether oxygens (including phenoxy) is 1. The minimum atomic E-state index is -3.18. The number of anilines is 1. The largest absolute Gasteiger partial charge is 0.461 e. The van der Waals surface area contributed by atoms with Gasteiger partial charge in [-0.3, -0.25) is 4.79 Å². The minimum Gasteiger partial charge on any atom is -0.461 e. The number of amides is 1. The Morgan fingerprint density at radius 3 is 2.70 bits per heavy atom. The van der Waals surface area contributed by atoms with Crippen molar-refractivity contribution in [1.82, 2.24) is 4.98 Å². The third kappa shape index (κ3) is 3.94. The molecule has 1 aromatic carbocycles. The van der Waals surface area contributed by atoms with Crippen LogP contribution >= 0.6 is 0 Å². The zero-order valence-corrected chi connectivity index (χ0v) is 16.8. The van der Waals surface area contributed by atoms with Gasteiger partial charge in [0.2, 0.25) is 0 Å². The first kappa shape index (κ1) is 22.4. The highest BCUT2D eigenvalue weighted by molar-refractivity contribution is 6.03. The van der Waals surface area contributed by atoms with Gasteiger partial charge >= 0.3 is 0 Å². The topological polar surface area (TPSA) is 113 Å². The lowest BCUT2D eigenvalue weighted by Gasteiger charge is -2.40. The predicted molar refractivity (Wildman–Crippen MR) is 105 cm³/mol. The SMILES string of the molecule is N#Cc1cnc(C(=O)Nc2ccc(F)c(C3(CF)N=C(N)O[C@H]4CC(F)(F)CC43)c2)c(F)c1. The van der Waals surface area contributed by atoms with Crippen molar-refractivity contribution in [1.29, 1.82) is 5.26 Å². The first-order valence-corrected chi connectivity index (χ1v) is 9.71. The molecule has 1 aliphatic carbocycles. The first-order chi connectivity index (χ1) is 15.6. The fraction of sp³-hybridized carbons (Fsp3) is 0.333. The van der Waals surface area contributed by atoms with Crippen molar-refractivity contribution in [3.05, 3.63) is 58.9 Å². The van der Waals surface area contributed by atoms with Gasteiger partial charge in [-0.25, -0.2) is 31.9 Å². The molecule has 1 aromatic heterocycles. The maximum Gasteiger partial charge on any atom is 0.283 e. The molecule has 4 rings (SSSR count). The minimum absolute atomic E-state index is 0.0867. The molecule has 2 heterocycles. The van der Waals surface area contributed by atoms with Gasteiger partial charge in [0.25, 0.3) is 17.9 Å². The molecule has 1 saturated carbocycles. The van der Waals surface area contributed by atoms with Crippen molar-refractivity contribution in [2.45, 2.75) is 30.4 Å². The van der Waals surface area contributed by atoms with Crippen LogP contribution in [-0.2, 0) is 10.3 Å². The summed E-state index contributed by atoms with van der Waals surface area (Å²) in [7, 11) is 0. The van der Waals surface area contributed by atoms with Crippen LogP contribution in [0, 0.1) is 28.9 Å². The molecule has 33 heavy (non-hydrogen) atoms. The number of hydrogen-bond donors (Lipinski definition) is 2. The fourth-order valence-electron chi connectivity index (χ4n) is 4.29. The van der Waals surface area contributed by atoms with Gasteiger partial charge in [0.15, 0.2) is 11.5 Å². The molecule has 2 unspecified atom stereocenters. The Bertz CT molecular complexity index is 1200. The summed E-state index contributed by atoms with van der Waals surface area (Å²) in [4.78, 5) is 19.9. The number of rotatable bonds is 4. The molecule has 1 fully saturated rings. The van der Waals surface area contributed by atoms with Gasteiger partial charge in [-0.1, -0.05) is 0 Å². The van der Waals surface area contributed by atoms with Crippen molar-refractivity contribution in [2.24, 2.45) is 16.6 Å². The first-order valence-electron chi connectivity index (χ1n) is 9.71. The highest BCUT2D eigenvalue weighted by Crippen LogP contribution is 2.53. The smallest absolute Gasteiger partial charge is 0.283 e. The van der Waals surface area contributed by atoms with Crippen LogP contribution in [0.4, 0.5) is 27.6 Å². The van der Waals surface area contributed by atoms with Gasteiger partial charge in [0.05, 0.1) is 5.56 Å². The van der Waals surface area contributed by atoms with E-state index < -0.39 is 77.8 Å². The Labute approximate surface area is 184 Å². The number of nitrogens with zero attached hydrogens (tertiary/aromatic N) is 3. The van der Waals surface area contributed by atoms with Gasteiger partial charge in [-0.05, 0) is 24.3 Å². The number of hydrogen-bond acceptors (Lipinski definition) is 6. The summed E-state index contributed by atoms with van der Waals surface area (Å²) in [5, 5.41) is 11.1. The number of aliphatic imine (C=N–C) groups is 1. The quantitative estimate of drug-likeness (QED) is 0.672. The summed E-state index contributed by atoms with van der Waals surface area (Å²) >= 11 is 0. The van der Waals surface area contributed by atoms with Gasteiger partial charge < -0.3 is 15.8 Å². The number of carbonyl (C=O) groups is 1. The lowest BCUT2D eigenvalue weighted by atomic mass is 9.76. The van der Waals surface area contributed by atoms with E-state index in [9.17, 15) is 26.7 Å². The zero-order chi connectivity index (χ0) is 24.0. The summed E-state index contributed by atoms with van der Waals surface area (Å²) in [6, 6.07) is 4.99. The molecule has 2 aromatic rings. The van der Waals surface area contributed by atoms with E-state index in [0.717, 1.165) is 30.5 Å². The number of fused-ring (bicyclic) bond motifs is 1. The molecule has 3 atom stereocenters. The van der Waals surface area contributed by atoms with E-state index in [1.165, 1.54) is 0 Å². The molecule has 7 nitrogen and oxygen atoms in total. The molecule has 3 N–H and O–H groups in total. The molecule has 0 spiro atoms. The second kappa shape index (κ2) is 7.99. The van der Waals surface area contributed by atoms with E-state index in [-0.39, 0.29) is 11.3 Å². The molecule has 2 aliphatic rings. The molecule has 0 bridgehead atoms. The van der Waals surface area contributed by atoms with Crippen molar-refractivity contribution >= 4 is 17.6 Å².